The molecule has 1 N–H and O–H groups in total. The molecule has 0 radical (unpaired) electrons. The lowest BCUT2D eigenvalue weighted by Gasteiger charge is -2.28. The molecule has 30 heavy (non-hydrogen) atoms. The minimum atomic E-state index is -0.603. The van der Waals surface area contributed by atoms with Crippen LogP contribution in [0.15, 0.2) is 65.2 Å². The predicted molar refractivity (Wildman–Crippen MR) is 109 cm³/mol. The minimum absolute atomic E-state index is 0.0977. The maximum absolute atomic E-state index is 13.4. The first-order valence-electron chi connectivity index (χ1n) is 9.84. The molecule has 154 valence electrons. The smallest absolute Gasteiger partial charge is 0.278 e. The number of halogens is 1. The molecular formula is C23H22FN3O3. The highest BCUT2D eigenvalue weighted by atomic mass is 19.1. The number of nitrogens with one attached hydrogen (secondary N) is 1. The lowest BCUT2D eigenvalue weighted by Crippen LogP contribution is -2.40. The summed E-state index contributed by atoms with van der Waals surface area (Å²) in [5, 5.41) is 6.86. The molecule has 1 unspecified atom stereocenters. The summed E-state index contributed by atoms with van der Waals surface area (Å²) in [6.45, 7) is 4.02. The molecule has 1 aromatic heterocycles. The van der Waals surface area contributed by atoms with Crippen molar-refractivity contribution in [3.8, 4) is 11.3 Å². The summed E-state index contributed by atoms with van der Waals surface area (Å²) in [4.78, 5) is 27.7. The average Bonchev–Trinajstić information content (AvgIpc) is 3.34. The summed E-state index contributed by atoms with van der Waals surface area (Å²) in [6, 6.07) is 16.0. The van der Waals surface area contributed by atoms with Crippen LogP contribution in [0, 0.1) is 11.7 Å². The summed E-state index contributed by atoms with van der Waals surface area (Å²) in [5.41, 5.74) is 1.52. The predicted octanol–water partition coefficient (Wildman–Crippen LogP) is 4.17. The Morgan fingerprint density at radius 1 is 1.17 bits per heavy atom. The zero-order valence-electron chi connectivity index (χ0n) is 16.7. The SMILES string of the molecule is CC(C)CC1C(=O)N[C@H](c2ccccc2)N1C(=O)c1cc(-c2ccc(F)cc2)on1. The lowest BCUT2D eigenvalue weighted by atomic mass is 10.0. The van der Waals surface area contributed by atoms with Crippen LogP contribution in [0.25, 0.3) is 11.3 Å². The molecule has 2 heterocycles. The Morgan fingerprint density at radius 2 is 1.87 bits per heavy atom. The van der Waals surface area contributed by atoms with E-state index in [4.69, 9.17) is 4.52 Å². The van der Waals surface area contributed by atoms with Crippen molar-refractivity contribution >= 4 is 11.8 Å². The Kier molecular flexibility index (Phi) is 5.35. The van der Waals surface area contributed by atoms with Gasteiger partial charge in [0.15, 0.2) is 11.5 Å². The van der Waals surface area contributed by atoms with Crippen molar-refractivity contribution in [3.05, 3.63) is 77.7 Å². The fourth-order valence-electron chi connectivity index (χ4n) is 3.67. The second kappa shape index (κ2) is 8.10. The topological polar surface area (TPSA) is 75.4 Å². The largest absolute Gasteiger partial charge is 0.355 e. The molecule has 3 aromatic rings. The Hall–Kier alpha value is -3.48. The number of benzene rings is 2. The van der Waals surface area contributed by atoms with Crippen molar-refractivity contribution < 1.29 is 18.5 Å². The van der Waals surface area contributed by atoms with E-state index in [9.17, 15) is 14.0 Å². The van der Waals surface area contributed by atoms with Gasteiger partial charge in [0.05, 0.1) is 0 Å². The third kappa shape index (κ3) is 3.83. The molecule has 2 aromatic carbocycles. The van der Waals surface area contributed by atoms with Gasteiger partial charge < -0.3 is 14.7 Å². The molecule has 0 aliphatic carbocycles. The van der Waals surface area contributed by atoms with Gasteiger partial charge >= 0.3 is 0 Å². The van der Waals surface area contributed by atoms with Gasteiger partial charge in [-0.1, -0.05) is 49.3 Å². The van der Waals surface area contributed by atoms with Crippen molar-refractivity contribution in [1.29, 1.82) is 0 Å². The van der Waals surface area contributed by atoms with Gasteiger partial charge in [-0.3, -0.25) is 9.59 Å². The Balaban J connectivity index is 1.68. The van der Waals surface area contributed by atoms with Gasteiger partial charge in [0.1, 0.15) is 18.0 Å². The van der Waals surface area contributed by atoms with E-state index in [1.54, 1.807) is 17.0 Å². The molecule has 1 aliphatic heterocycles. The highest BCUT2D eigenvalue weighted by Gasteiger charge is 2.44. The first-order chi connectivity index (χ1) is 14.4. The zero-order valence-corrected chi connectivity index (χ0v) is 16.7. The van der Waals surface area contributed by atoms with Crippen molar-refractivity contribution in [2.45, 2.75) is 32.5 Å². The second-order valence-corrected chi connectivity index (χ2v) is 7.76. The van der Waals surface area contributed by atoms with Crippen molar-refractivity contribution in [1.82, 2.24) is 15.4 Å². The molecule has 0 bridgehead atoms. The highest BCUT2D eigenvalue weighted by molar-refractivity contribution is 5.99. The molecule has 2 atom stereocenters. The molecule has 6 nitrogen and oxygen atoms in total. The summed E-state index contributed by atoms with van der Waals surface area (Å²) in [6.07, 6.45) is -0.0512. The third-order valence-corrected chi connectivity index (χ3v) is 5.10. The summed E-state index contributed by atoms with van der Waals surface area (Å²) in [5.74, 6) is -0.372. The molecule has 0 spiro atoms. The third-order valence-electron chi connectivity index (χ3n) is 5.10. The van der Waals surface area contributed by atoms with Crippen LogP contribution in [0.5, 0.6) is 0 Å². The molecule has 1 fully saturated rings. The summed E-state index contributed by atoms with van der Waals surface area (Å²) in [7, 11) is 0. The molecular weight excluding hydrogens is 385 g/mol. The van der Waals surface area contributed by atoms with Crippen LogP contribution in [0.3, 0.4) is 0 Å². The number of rotatable bonds is 5. The van der Waals surface area contributed by atoms with Gasteiger partial charge in [-0.2, -0.15) is 0 Å². The molecule has 1 saturated heterocycles. The number of carbonyl (C=O) groups excluding carboxylic acids is 2. The minimum Gasteiger partial charge on any atom is -0.355 e. The highest BCUT2D eigenvalue weighted by Crippen LogP contribution is 2.32. The Labute approximate surface area is 173 Å². The van der Waals surface area contributed by atoms with Gasteiger partial charge in [-0.25, -0.2) is 4.39 Å². The number of hydrogen-bond acceptors (Lipinski definition) is 4. The fourth-order valence-corrected chi connectivity index (χ4v) is 3.67. The molecule has 1 aliphatic rings. The van der Waals surface area contributed by atoms with Crippen molar-refractivity contribution in [3.63, 3.8) is 0 Å². The second-order valence-electron chi connectivity index (χ2n) is 7.76. The van der Waals surface area contributed by atoms with Gasteiger partial charge in [-0.05, 0) is 42.2 Å². The van der Waals surface area contributed by atoms with E-state index in [2.05, 4.69) is 10.5 Å². The van der Waals surface area contributed by atoms with Crippen LogP contribution < -0.4 is 5.32 Å². The lowest BCUT2D eigenvalue weighted by molar-refractivity contribution is -0.121. The first-order valence-corrected chi connectivity index (χ1v) is 9.84. The monoisotopic (exact) mass is 407 g/mol. The number of aromatic nitrogens is 1. The Morgan fingerprint density at radius 3 is 2.53 bits per heavy atom. The number of nitrogens with zero attached hydrogens (tertiary/aromatic N) is 2. The van der Waals surface area contributed by atoms with Gasteiger partial charge in [0.25, 0.3) is 5.91 Å². The van der Waals surface area contributed by atoms with E-state index >= 15 is 0 Å². The van der Waals surface area contributed by atoms with Crippen LogP contribution in [-0.2, 0) is 4.79 Å². The van der Waals surface area contributed by atoms with E-state index in [0.29, 0.717) is 17.7 Å². The normalized spacial score (nSPS) is 18.7. The maximum atomic E-state index is 13.4. The van der Waals surface area contributed by atoms with E-state index in [0.717, 1.165) is 5.56 Å². The zero-order chi connectivity index (χ0) is 21.3. The molecule has 7 heteroatoms. The number of amides is 2. The molecule has 0 saturated carbocycles. The van der Waals surface area contributed by atoms with Crippen molar-refractivity contribution in [2.24, 2.45) is 5.92 Å². The van der Waals surface area contributed by atoms with E-state index < -0.39 is 18.1 Å². The summed E-state index contributed by atoms with van der Waals surface area (Å²) < 4.78 is 18.5. The van der Waals surface area contributed by atoms with E-state index in [1.165, 1.54) is 18.2 Å². The van der Waals surface area contributed by atoms with Crippen LogP contribution in [0.2, 0.25) is 0 Å². The first kappa shape index (κ1) is 19.8. The average molecular weight is 407 g/mol. The van der Waals surface area contributed by atoms with Crippen LogP contribution in [0.4, 0.5) is 4.39 Å². The summed E-state index contributed by atoms with van der Waals surface area (Å²) >= 11 is 0. The van der Waals surface area contributed by atoms with E-state index in [-0.39, 0.29) is 23.3 Å². The van der Waals surface area contributed by atoms with E-state index in [1.807, 2.05) is 44.2 Å². The van der Waals surface area contributed by atoms with Gasteiger partial charge in [0.2, 0.25) is 5.91 Å². The van der Waals surface area contributed by atoms with Gasteiger partial charge in [0, 0.05) is 11.6 Å². The fraction of sp³-hybridized carbons (Fsp3) is 0.261. The van der Waals surface area contributed by atoms with Crippen LogP contribution in [0.1, 0.15) is 42.5 Å². The Bertz CT molecular complexity index is 1050. The maximum Gasteiger partial charge on any atom is 0.278 e. The standard InChI is InChI=1S/C23H22FN3O3/c1-14(2)12-19-22(28)25-21(16-6-4-3-5-7-16)27(19)23(29)18-13-20(30-26-18)15-8-10-17(24)11-9-15/h3-11,13-14,19,21H,12H2,1-2H3,(H,25,28)/t19?,21-/m0/s1. The quantitative estimate of drug-likeness (QED) is 0.689. The van der Waals surface area contributed by atoms with Crippen molar-refractivity contribution in [2.75, 3.05) is 0 Å². The van der Waals surface area contributed by atoms with Crippen LogP contribution >= 0.6 is 0 Å². The van der Waals surface area contributed by atoms with Crippen LogP contribution in [-0.4, -0.2) is 27.9 Å². The number of hydrogen-bond donors (Lipinski definition) is 1. The molecule has 2 amide bonds. The number of carbonyl (C=O) groups is 2. The molecule has 4 rings (SSSR count). The van der Waals surface area contributed by atoms with Gasteiger partial charge in [-0.15, -0.1) is 0 Å².